The lowest BCUT2D eigenvalue weighted by Gasteiger charge is -2.12. The molecule has 0 radical (unpaired) electrons. The van der Waals surface area contributed by atoms with Crippen LogP contribution in [-0.4, -0.2) is 25.8 Å². The Kier molecular flexibility index (Phi) is 3.99. The molecule has 1 aromatic rings. The molecule has 84 valence electrons. The molecule has 0 aliphatic rings. The predicted octanol–water partition coefficient (Wildman–Crippen LogP) is 1.23. The number of benzene rings is 1. The third-order valence-corrected chi connectivity index (χ3v) is 2.05. The van der Waals surface area contributed by atoms with Gasteiger partial charge in [0.25, 0.3) is 0 Å². The van der Waals surface area contributed by atoms with Gasteiger partial charge in [0.1, 0.15) is 0 Å². The van der Waals surface area contributed by atoms with E-state index in [1.54, 1.807) is 7.05 Å². The molecular formula is C10H13F2NO2. The monoisotopic (exact) mass is 217 g/mol. The van der Waals surface area contributed by atoms with E-state index in [0.717, 1.165) is 0 Å². The Hall–Kier alpha value is -1.20. The van der Waals surface area contributed by atoms with E-state index in [0.29, 0.717) is 0 Å². The maximum atomic E-state index is 13.4. The summed E-state index contributed by atoms with van der Waals surface area (Å²) in [6.07, 6.45) is -1.07. The van der Waals surface area contributed by atoms with Gasteiger partial charge in [0.2, 0.25) is 5.82 Å². The molecule has 0 spiro atoms. The summed E-state index contributed by atoms with van der Waals surface area (Å²) in [7, 11) is 2.86. The Bertz CT molecular complexity index is 344. The normalized spacial score (nSPS) is 12.6. The van der Waals surface area contributed by atoms with E-state index in [1.807, 2.05) is 0 Å². The van der Waals surface area contributed by atoms with Crippen LogP contribution in [0.3, 0.4) is 0 Å². The summed E-state index contributed by atoms with van der Waals surface area (Å²) in [4.78, 5) is 0. The smallest absolute Gasteiger partial charge is 0.200 e. The molecule has 0 bridgehead atoms. The van der Waals surface area contributed by atoms with Crippen LogP contribution in [0.25, 0.3) is 0 Å². The summed E-state index contributed by atoms with van der Waals surface area (Å²) in [5.74, 6) is -2.32. The lowest BCUT2D eigenvalue weighted by atomic mass is 10.1. The molecule has 1 rings (SSSR count). The number of hydrogen-bond donors (Lipinski definition) is 2. The Balaban J connectivity index is 3.06. The standard InChI is InChI=1S/C10H13F2NO2/c1-13-5-7(14)6-3-4-8(15-2)10(12)9(6)11/h3-4,7,13-14H,5H2,1-2H3. The molecule has 15 heavy (non-hydrogen) atoms. The largest absolute Gasteiger partial charge is 0.494 e. The zero-order valence-corrected chi connectivity index (χ0v) is 8.55. The maximum Gasteiger partial charge on any atom is 0.200 e. The van der Waals surface area contributed by atoms with Crippen LogP contribution in [0.4, 0.5) is 8.78 Å². The molecule has 0 aliphatic carbocycles. The van der Waals surface area contributed by atoms with E-state index in [9.17, 15) is 13.9 Å². The van der Waals surface area contributed by atoms with Crippen molar-refractivity contribution >= 4 is 0 Å². The Morgan fingerprint density at radius 2 is 2.07 bits per heavy atom. The summed E-state index contributed by atoms with van der Waals surface area (Å²) < 4.78 is 31.2. The van der Waals surface area contributed by atoms with Gasteiger partial charge in [0.05, 0.1) is 13.2 Å². The molecule has 2 N–H and O–H groups in total. The van der Waals surface area contributed by atoms with E-state index in [2.05, 4.69) is 10.1 Å². The Labute approximate surface area is 86.7 Å². The second-order valence-electron chi connectivity index (χ2n) is 3.06. The van der Waals surface area contributed by atoms with Crippen molar-refractivity contribution in [2.24, 2.45) is 0 Å². The minimum atomic E-state index is -1.08. The number of rotatable bonds is 4. The molecule has 5 heteroatoms. The van der Waals surface area contributed by atoms with Crippen molar-refractivity contribution in [1.29, 1.82) is 0 Å². The molecular weight excluding hydrogens is 204 g/mol. The van der Waals surface area contributed by atoms with Crippen molar-refractivity contribution in [1.82, 2.24) is 5.32 Å². The van der Waals surface area contributed by atoms with E-state index in [1.165, 1.54) is 19.2 Å². The van der Waals surface area contributed by atoms with Gasteiger partial charge in [-0.3, -0.25) is 0 Å². The summed E-state index contributed by atoms with van der Waals surface area (Å²) in [5.41, 5.74) is -0.0809. The zero-order chi connectivity index (χ0) is 11.4. The molecule has 1 atom stereocenters. The second-order valence-corrected chi connectivity index (χ2v) is 3.06. The lowest BCUT2D eigenvalue weighted by molar-refractivity contribution is 0.171. The van der Waals surface area contributed by atoms with Crippen LogP contribution in [0.2, 0.25) is 0 Å². The average Bonchev–Trinajstić information content (AvgIpc) is 2.22. The van der Waals surface area contributed by atoms with Crippen molar-refractivity contribution in [3.05, 3.63) is 29.3 Å². The number of halogens is 2. The van der Waals surface area contributed by atoms with Crippen LogP contribution in [0.15, 0.2) is 12.1 Å². The third kappa shape index (κ3) is 2.43. The first-order valence-electron chi connectivity index (χ1n) is 4.46. The van der Waals surface area contributed by atoms with Gasteiger partial charge in [0.15, 0.2) is 11.6 Å². The summed E-state index contributed by atoms with van der Waals surface area (Å²) in [6.45, 7) is 0.155. The van der Waals surface area contributed by atoms with E-state index in [4.69, 9.17) is 0 Å². The number of methoxy groups -OCH3 is 1. The SMILES string of the molecule is CNCC(O)c1ccc(OC)c(F)c1F. The van der Waals surface area contributed by atoms with Gasteiger partial charge in [-0.25, -0.2) is 4.39 Å². The summed E-state index contributed by atoms with van der Waals surface area (Å²) in [5, 5.41) is 12.2. The van der Waals surface area contributed by atoms with Gasteiger partial charge in [-0.05, 0) is 19.2 Å². The fourth-order valence-electron chi connectivity index (χ4n) is 1.26. The minimum absolute atomic E-state index is 0.0809. The summed E-state index contributed by atoms with van der Waals surface area (Å²) in [6, 6.07) is 2.59. The first kappa shape index (κ1) is 11.9. The minimum Gasteiger partial charge on any atom is -0.494 e. The quantitative estimate of drug-likeness (QED) is 0.797. The van der Waals surface area contributed by atoms with Crippen LogP contribution in [0.1, 0.15) is 11.7 Å². The average molecular weight is 217 g/mol. The van der Waals surface area contributed by atoms with Crippen molar-refractivity contribution in [2.75, 3.05) is 20.7 Å². The number of likely N-dealkylation sites (N-methyl/N-ethyl adjacent to an activating group) is 1. The van der Waals surface area contributed by atoms with Crippen LogP contribution in [0.5, 0.6) is 5.75 Å². The van der Waals surface area contributed by atoms with Crippen LogP contribution in [0, 0.1) is 11.6 Å². The molecule has 0 saturated heterocycles. The molecule has 0 amide bonds. The number of aliphatic hydroxyl groups is 1. The van der Waals surface area contributed by atoms with Crippen molar-refractivity contribution in [3.8, 4) is 5.75 Å². The summed E-state index contributed by atoms with van der Waals surface area (Å²) >= 11 is 0. The molecule has 0 aromatic heterocycles. The van der Waals surface area contributed by atoms with Gasteiger partial charge < -0.3 is 15.2 Å². The lowest BCUT2D eigenvalue weighted by Crippen LogP contribution is -2.18. The highest BCUT2D eigenvalue weighted by Gasteiger charge is 2.18. The number of hydrogen-bond acceptors (Lipinski definition) is 3. The van der Waals surface area contributed by atoms with E-state index >= 15 is 0 Å². The molecule has 1 unspecified atom stereocenters. The molecule has 0 aliphatic heterocycles. The van der Waals surface area contributed by atoms with Crippen LogP contribution in [-0.2, 0) is 0 Å². The topological polar surface area (TPSA) is 41.5 Å². The Morgan fingerprint density at radius 1 is 1.40 bits per heavy atom. The van der Waals surface area contributed by atoms with Crippen molar-refractivity contribution < 1.29 is 18.6 Å². The van der Waals surface area contributed by atoms with E-state index < -0.39 is 17.7 Å². The Morgan fingerprint density at radius 3 is 2.60 bits per heavy atom. The maximum absolute atomic E-state index is 13.4. The molecule has 0 heterocycles. The highest BCUT2D eigenvalue weighted by atomic mass is 19.2. The van der Waals surface area contributed by atoms with Crippen LogP contribution >= 0.6 is 0 Å². The van der Waals surface area contributed by atoms with Gasteiger partial charge in [0, 0.05) is 12.1 Å². The zero-order valence-electron chi connectivity index (χ0n) is 8.55. The highest BCUT2D eigenvalue weighted by molar-refractivity contribution is 5.32. The van der Waals surface area contributed by atoms with Gasteiger partial charge in [-0.2, -0.15) is 4.39 Å². The van der Waals surface area contributed by atoms with Gasteiger partial charge in [-0.1, -0.05) is 0 Å². The predicted molar refractivity (Wildman–Crippen MR) is 51.8 cm³/mol. The third-order valence-electron chi connectivity index (χ3n) is 2.05. The fraction of sp³-hybridized carbons (Fsp3) is 0.400. The second kappa shape index (κ2) is 5.04. The van der Waals surface area contributed by atoms with Gasteiger partial charge >= 0.3 is 0 Å². The molecule has 1 aromatic carbocycles. The fourth-order valence-corrected chi connectivity index (χ4v) is 1.26. The van der Waals surface area contributed by atoms with Gasteiger partial charge in [-0.15, -0.1) is 0 Å². The van der Waals surface area contributed by atoms with Crippen molar-refractivity contribution in [2.45, 2.75) is 6.10 Å². The highest BCUT2D eigenvalue weighted by Crippen LogP contribution is 2.25. The molecule has 0 saturated carbocycles. The first-order chi connectivity index (χ1) is 7.11. The number of nitrogens with one attached hydrogen (secondary N) is 1. The van der Waals surface area contributed by atoms with Crippen molar-refractivity contribution in [3.63, 3.8) is 0 Å². The van der Waals surface area contributed by atoms with Crippen LogP contribution < -0.4 is 10.1 Å². The number of ether oxygens (including phenoxy) is 1. The molecule has 0 fully saturated rings. The van der Waals surface area contributed by atoms with E-state index in [-0.39, 0.29) is 17.9 Å². The molecule has 3 nitrogen and oxygen atoms in total. The first-order valence-corrected chi connectivity index (χ1v) is 4.46. The number of aliphatic hydroxyl groups excluding tert-OH is 1.